The quantitative estimate of drug-likeness (QED) is 0.404. The van der Waals surface area contributed by atoms with Gasteiger partial charge in [-0.1, -0.05) is 43.7 Å². The monoisotopic (exact) mass is 528 g/mol. The first kappa shape index (κ1) is 28.4. The summed E-state index contributed by atoms with van der Waals surface area (Å²) >= 11 is 0. The van der Waals surface area contributed by atoms with Crippen molar-refractivity contribution in [3.8, 4) is 11.5 Å². The summed E-state index contributed by atoms with van der Waals surface area (Å²) in [7, 11) is 1.31. The van der Waals surface area contributed by atoms with Crippen molar-refractivity contribution < 1.29 is 43.2 Å². The van der Waals surface area contributed by atoms with Crippen molar-refractivity contribution in [2.45, 2.75) is 52.4 Å². The van der Waals surface area contributed by atoms with Crippen molar-refractivity contribution in [1.82, 2.24) is 10.3 Å². The van der Waals surface area contributed by atoms with Gasteiger partial charge in [0.2, 0.25) is 0 Å². The fraction of sp³-hybridized carbons (Fsp3) is 0.444. The zero-order valence-electron chi connectivity index (χ0n) is 21.9. The number of nitrogens with zero attached hydrogens (tertiary/aromatic N) is 1. The number of aromatic hydroxyl groups is 1. The minimum Gasteiger partial charge on any atom is -0.503 e. The minimum absolute atomic E-state index is 0.0102. The van der Waals surface area contributed by atoms with Crippen molar-refractivity contribution >= 4 is 23.8 Å². The number of carbonyl (C=O) groups excluding carboxylic acids is 4. The first-order chi connectivity index (χ1) is 18.0. The Bertz CT molecular complexity index is 1180. The number of methoxy groups -OCH3 is 1. The average molecular weight is 529 g/mol. The highest BCUT2D eigenvalue weighted by molar-refractivity contribution is 5.98. The maximum atomic E-state index is 13.3. The number of amides is 1. The van der Waals surface area contributed by atoms with E-state index < -0.39 is 72.0 Å². The molecule has 4 atom stereocenters. The molecule has 2 N–H and O–H groups in total. The van der Waals surface area contributed by atoms with E-state index in [9.17, 15) is 24.3 Å². The molecular formula is C27H32N2O9. The highest BCUT2D eigenvalue weighted by Gasteiger charge is 2.42. The summed E-state index contributed by atoms with van der Waals surface area (Å²) in [5.74, 6) is -5.10. The molecule has 204 valence electrons. The summed E-state index contributed by atoms with van der Waals surface area (Å²) in [5.41, 5.74) is 1.44. The molecule has 1 aliphatic heterocycles. The molecule has 0 aliphatic carbocycles. The van der Waals surface area contributed by atoms with E-state index in [4.69, 9.17) is 18.9 Å². The largest absolute Gasteiger partial charge is 0.503 e. The van der Waals surface area contributed by atoms with E-state index in [2.05, 4.69) is 10.3 Å². The van der Waals surface area contributed by atoms with Crippen LogP contribution in [0.4, 0.5) is 0 Å². The number of pyridine rings is 1. The van der Waals surface area contributed by atoms with Gasteiger partial charge < -0.3 is 29.4 Å². The number of ether oxygens (including phenoxy) is 4. The van der Waals surface area contributed by atoms with E-state index in [1.54, 1.807) is 13.8 Å². The number of hydrogen-bond acceptors (Lipinski definition) is 10. The highest BCUT2D eigenvalue weighted by Crippen LogP contribution is 2.28. The molecule has 1 fully saturated rings. The Labute approximate surface area is 220 Å². The highest BCUT2D eigenvalue weighted by atomic mass is 16.6. The van der Waals surface area contributed by atoms with Crippen LogP contribution in [0.15, 0.2) is 36.5 Å². The van der Waals surface area contributed by atoms with Gasteiger partial charge in [0, 0.05) is 12.3 Å². The van der Waals surface area contributed by atoms with Crippen LogP contribution in [-0.2, 0) is 35.0 Å². The van der Waals surface area contributed by atoms with Crippen LogP contribution in [0.5, 0.6) is 11.5 Å². The fourth-order valence-electron chi connectivity index (χ4n) is 3.85. The summed E-state index contributed by atoms with van der Waals surface area (Å²) in [4.78, 5) is 55.4. The van der Waals surface area contributed by atoms with Gasteiger partial charge in [0.25, 0.3) is 5.91 Å². The van der Waals surface area contributed by atoms with E-state index >= 15 is 0 Å². The fourth-order valence-corrected chi connectivity index (χ4v) is 3.85. The van der Waals surface area contributed by atoms with Crippen LogP contribution in [0.1, 0.15) is 42.4 Å². The van der Waals surface area contributed by atoms with Gasteiger partial charge in [-0.3, -0.25) is 14.4 Å². The SMILES string of the molecule is COc1ccnc(C(=O)NC2COC(=O)C(Cc3ccc(C)cc3)C(OC(=O)C(C)C)C(C)OC2=O)c1O. The Kier molecular flexibility index (Phi) is 9.27. The molecule has 1 amide bonds. The van der Waals surface area contributed by atoms with Crippen molar-refractivity contribution in [2.24, 2.45) is 11.8 Å². The molecule has 4 unspecified atom stereocenters. The zero-order valence-corrected chi connectivity index (χ0v) is 21.9. The van der Waals surface area contributed by atoms with Gasteiger partial charge in [-0.25, -0.2) is 9.78 Å². The first-order valence-corrected chi connectivity index (χ1v) is 12.2. The minimum atomic E-state index is -1.42. The molecule has 1 aromatic carbocycles. The Balaban J connectivity index is 1.88. The normalized spacial score (nSPS) is 21.8. The molecule has 1 saturated heterocycles. The molecule has 11 nitrogen and oxygen atoms in total. The topological polar surface area (TPSA) is 150 Å². The van der Waals surface area contributed by atoms with Gasteiger partial charge in [0.05, 0.1) is 13.0 Å². The number of benzene rings is 1. The van der Waals surface area contributed by atoms with Crippen LogP contribution >= 0.6 is 0 Å². The van der Waals surface area contributed by atoms with Gasteiger partial charge >= 0.3 is 17.9 Å². The summed E-state index contributed by atoms with van der Waals surface area (Å²) in [6.07, 6.45) is -0.772. The number of cyclic esters (lactones) is 2. The smallest absolute Gasteiger partial charge is 0.332 e. The average Bonchev–Trinajstić information content (AvgIpc) is 2.91. The van der Waals surface area contributed by atoms with E-state index in [0.29, 0.717) is 0 Å². The number of esters is 3. The van der Waals surface area contributed by atoms with Gasteiger partial charge in [0.15, 0.2) is 29.3 Å². The lowest BCUT2D eigenvalue weighted by atomic mass is 9.90. The molecule has 1 aliphatic rings. The van der Waals surface area contributed by atoms with Crippen LogP contribution in [0.2, 0.25) is 0 Å². The number of carbonyl (C=O) groups is 4. The third-order valence-electron chi connectivity index (χ3n) is 6.07. The molecule has 0 saturated carbocycles. The summed E-state index contributed by atoms with van der Waals surface area (Å²) < 4.78 is 21.6. The van der Waals surface area contributed by atoms with Crippen LogP contribution in [0.3, 0.4) is 0 Å². The predicted molar refractivity (Wildman–Crippen MR) is 133 cm³/mol. The second-order valence-corrected chi connectivity index (χ2v) is 9.36. The molecule has 1 aromatic heterocycles. The number of rotatable bonds is 7. The van der Waals surface area contributed by atoms with Crippen molar-refractivity contribution in [2.75, 3.05) is 13.7 Å². The van der Waals surface area contributed by atoms with E-state index in [-0.39, 0.29) is 12.2 Å². The number of aromatic nitrogens is 1. The Morgan fingerprint density at radius 1 is 1.16 bits per heavy atom. The van der Waals surface area contributed by atoms with Gasteiger partial charge in [-0.2, -0.15) is 0 Å². The number of aryl methyl sites for hydroxylation is 1. The molecule has 0 bridgehead atoms. The Morgan fingerprint density at radius 2 is 1.84 bits per heavy atom. The maximum absolute atomic E-state index is 13.3. The lowest BCUT2D eigenvalue weighted by Crippen LogP contribution is -2.47. The molecule has 2 heterocycles. The third-order valence-corrected chi connectivity index (χ3v) is 6.07. The van der Waals surface area contributed by atoms with Crippen LogP contribution in [0, 0.1) is 18.8 Å². The predicted octanol–water partition coefficient (Wildman–Crippen LogP) is 2.12. The van der Waals surface area contributed by atoms with Gasteiger partial charge in [-0.15, -0.1) is 0 Å². The summed E-state index contributed by atoms with van der Waals surface area (Å²) in [6.45, 7) is 6.19. The molecule has 2 aromatic rings. The Hall–Kier alpha value is -4.15. The molecule has 11 heteroatoms. The summed E-state index contributed by atoms with van der Waals surface area (Å²) in [5, 5.41) is 12.6. The second kappa shape index (κ2) is 12.4. The van der Waals surface area contributed by atoms with E-state index in [1.165, 1.54) is 26.3 Å². The molecule has 0 radical (unpaired) electrons. The second-order valence-electron chi connectivity index (χ2n) is 9.36. The first-order valence-electron chi connectivity index (χ1n) is 12.2. The van der Waals surface area contributed by atoms with Crippen LogP contribution in [-0.4, -0.2) is 65.9 Å². The Morgan fingerprint density at radius 3 is 2.47 bits per heavy atom. The maximum Gasteiger partial charge on any atom is 0.332 e. The number of hydrogen-bond donors (Lipinski definition) is 2. The lowest BCUT2D eigenvalue weighted by Gasteiger charge is -2.29. The van der Waals surface area contributed by atoms with Crippen LogP contribution in [0.25, 0.3) is 0 Å². The standard InChI is InChI=1S/C27H32N2O9/c1-14(2)25(32)38-23-16(4)37-27(34)19(29-24(31)21-22(30)20(35-5)10-11-28-21)13-36-26(33)18(23)12-17-8-6-15(3)7-9-17/h6-11,14,16,18-19,23,30H,12-13H2,1-5H3,(H,29,31). The molecule has 38 heavy (non-hydrogen) atoms. The van der Waals surface area contributed by atoms with Gasteiger partial charge in [0.1, 0.15) is 18.6 Å². The zero-order chi connectivity index (χ0) is 28.0. The van der Waals surface area contributed by atoms with Crippen molar-refractivity contribution in [1.29, 1.82) is 0 Å². The number of nitrogens with one attached hydrogen (secondary N) is 1. The van der Waals surface area contributed by atoms with Gasteiger partial charge in [-0.05, 0) is 25.8 Å². The van der Waals surface area contributed by atoms with E-state index in [1.807, 2.05) is 31.2 Å². The lowest BCUT2D eigenvalue weighted by molar-refractivity contribution is -0.176. The van der Waals surface area contributed by atoms with Crippen molar-refractivity contribution in [3.63, 3.8) is 0 Å². The molecular weight excluding hydrogens is 496 g/mol. The molecule has 3 rings (SSSR count). The molecule has 0 spiro atoms. The third kappa shape index (κ3) is 6.78. The van der Waals surface area contributed by atoms with E-state index in [0.717, 1.165) is 11.1 Å². The van der Waals surface area contributed by atoms with Crippen LogP contribution < -0.4 is 10.1 Å². The summed E-state index contributed by atoms with van der Waals surface area (Å²) in [6, 6.07) is 7.43. The van der Waals surface area contributed by atoms with Crippen molar-refractivity contribution in [3.05, 3.63) is 53.3 Å².